The molecule has 24 heavy (non-hydrogen) atoms. The van der Waals surface area contributed by atoms with Crippen molar-refractivity contribution in [3.8, 4) is 0 Å². The Labute approximate surface area is 140 Å². The largest absolute Gasteiger partial charge is 0.354 e. The molecule has 9 heteroatoms. The summed E-state index contributed by atoms with van der Waals surface area (Å²) in [7, 11) is 1.75. The van der Waals surface area contributed by atoms with Crippen LogP contribution in [0.2, 0.25) is 0 Å². The number of hydrogen-bond donors (Lipinski definition) is 1. The van der Waals surface area contributed by atoms with Crippen LogP contribution in [-0.4, -0.2) is 68.5 Å². The summed E-state index contributed by atoms with van der Waals surface area (Å²) in [5.41, 5.74) is 1.31. The Balaban J connectivity index is 1.65. The Morgan fingerprint density at radius 1 is 1.25 bits per heavy atom. The average Bonchev–Trinajstić information content (AvgIpc) is 3.00. The lowest BCUT2D eigenvalue weighted by molar-refractivity contribution is 0.0740. The Kier molecular flexibility index (Phi) is 4.59. The van der Waals surface area contributed by atoms with E-state index < -0.39 is 0 Å². The predicted molar refractivity (Wildman–Crippen MR) is 90.1 cm³/mol. The fraction of sp³-hybridized carbons (Fsp3) is 0.533. The van der Waals surface area contributed by atoms with Crippen LogP contribution in [0.15, 0.2) is 12.3 Å². The van der Waals surface area contributed by atoms with Gasteiger partial charge in [0.05, 0.1) is 6.20 Å². The van der Waals surface area contributed by atoms with Crippen molar-refractivity contribution in [1.82, 2.24) is 29.9 Å². The second kappa shape index (κ2) is 6.81. The summed E-state index contributed by atoms with van der Waals surface area (Å²) in [5, 5.41) is 10.9. The third-order valence-electron chi connectivity index (χ3n) is 3.89. The number of aromatic nitrogens is 5. The monoisotopic (exact) mass is 330 g/mol. The van der Waals surface area contributed by atoms with Crippen molar-refractivity contribution >= 4 is 17.7 Å². The molecule has 0 aromatic carbocycles. The highest BCUT2D eigenvalue weighted by molar-refractivity contribution is 5.92. The molecule has 1 N–H and O–H groups in total. The van der Waals surface area contributed by atoms with Crippen molar-refractivity contribution in [3.63, 3.8) is 0 Å². The normalized spacial score (nSPS) is 14.8. The van der Waals surface area contributed by atoms with Gasteiger partial charge in [0, 0.05) is 51.5 Å². The molecule has 2 aromatic heterocycles. The number of piperazine rings is 1. The van der Waals surface area contributed by atoms with Gasteiger partial charge in [-0.25, -0.2) is 4.98 Å². The minimum Gasteiger partial charge on any atom is -0.354 e. The van der Waals surface area contributed by atoms with Gasteiger partial charge in [-0.05, 0) is 13.8 Å². The smallest absolute Gasteiger partial charge is 0.276 e. The standard InChI is InChI=1S/C15H22N8O/c1-4-16-15-17-11(2)9-13(18-15)22-5-7-23(8-6-22)14(24)12-10-21(3)20-19-12/h9-10H,4-8H2,1-3H3,(H,16,17,18). The molecule has 128 valence electrons. The summed E-state index contributed by atoms with van der Waals surface area (Å²) in [6, 6.07) is 1.97. The van der Waals surface area contributed by atoms with Gasteiger partial charge in [-0.3, -0.25) is 9.48 Å². The minimum atomic E-state index is -0.0741. The number of nitrogens with zero attached hydrogens (tertiary/aromatic N) is 7. The zero-order valence-corrected chi connectivity index (χ0v) is 14.2. The molecule has 2 aromatic rings. The molecule has 3 heterocycles. The van der Waals surface area contributed by atoms with Crippen molar-refractivity contribution in [1.29, 1.82) is 0 Å². The lowest BCUT2D eigenvalue weighted by Gasteiger charge is -2.35. The van der Waals surface area contributed by atoms with Gasteiger partial charge in [0.1, 0.15) is 5.82 Å². The molecule has 0 saturated carbocycles. The highest BCUT2D eigenvalue weighted by Gasteiger charge is 2.24. The first kappa shape index (κ1) is 16.2. The summed E-state index contributed by atoms with van der Waals surface area (Å²) < 4.78 is 1.54. The molecule has 1 amide bonds. The van der Waals surface area contributed by atoms with Crippen LogP contribution < -0.4 is 10.2 Å². The van der Waals surface area contributed by atoms with E-state index in [1.165, 1.54) is 4.68 Å². The zero-order chi connectivity index (χ0) is 17.1. The molecule has 1 saturated heterocycles. The molecule has 0 aliphatic carbocycles. The van der Waals surface area contributed by atoms with E-state index in [9.17, 15) is 4.79 Å². The maximum atomic E-state index is 12.4. The first-order valence-corrected chi connectivity index (χ1v) is 8.07. The van der Waals surface area contributed by atoms with E-state index in [-0.39, 0.29) is 5.91 Å². The summed E-state index contributed by atoms with van der Waals surface area (Å²) in [5.74, 6) is 1.46. The second-order valence-electron chi connectivity index (χ2n) is 5.78. The minimum absolute atomic E-state index is 0.0741. The van der Waals surface area contributed by atoms with Crippen molar-refractivity contribution in [2.24, 2.45) is 7.05 Å². The second-order valence-corrected chi connectivity index (χ2v) is 5.78. The van der Waals surface area contributed by atoms with E-state index in [4.69, 9.17) is 0 Å². The van der Waals surface area contributed by atoms with Crippen LogP contribution in [-0.2, 0) is 7.05 Å². The SMILES string of the molecule is CCNc1nc(C)cc(N2CCN(C(=O)c3cn(C)nn3)CC2)n1. The Bertz CT molecular complexity index is 720. The third-order valence-corrected chi connectivity index (χ3v) is 3.89. The summed E-state index contributed by atoms with van der Waals surface area (Å²) >= 11 is 0. The molecule has 1 fully saturated rings. The summed E-state index contributed by atoms with van der Waals surface area (Å²) in [6.07, 6.45) is 1.64. The molecule has 0 unspecified atom stereocenters. The number of hydrogen-bond acceptors (Lipinski definition) is 7. The molecule has 0 radical (unpaired) electrons. The fourth-order valence-electron chi connectivity index (χ4n) is 2.70. The Hall–Kier alpha value is -2.71. The van der Waals surface area contributed by atoms with Crippen molar-refractivity contribution in [2.75, 3.05) is 42.9 Å². The van der Waals surface area contributed by atoms with Crippen LogP contribution in [0.3, 0.4) is 0 Å². The van der Waals surface area contributed by atoms with Crippen molar-refractivity contribution in [3.05, 3.63) is 23.7 Å². The predicted octanol–water partition coefficient (Wildman–Crippen LogP) is 0.308. The number of amides is 1. The number of carbonyl (C=O) groups excluding carboxylic acids is 1. The molecule has 3 rings (SSSR count). The Morgan fingerprint density at radius 2 is 2.00 bits per heavy atom. The van der Waals surface area contributed by atoms with Crippen molar-refractivity contribution in [2.45, 2.75) is 13.8 Å². The van der Waals surface area contributed by atoms with Gasteiger partial charge in [0.2, 0.25) is 5.95 Å². The molecule has 0 bridgehead atoms. The summed E-state index contributed by atoms with van der Waals surface area (Å²) in [4.78, 5) is 25.3. The molecule has 1 aliphatic heterocycles. The highest BCUT2D eigenvalue weighted by Crippen LogP contribution is 2.17. The number of nitrogens with one attached hydrogen (secondary N) is 1. The van der Waals surface area contributed by atoms with Gasteiger partial charge in [0.15, 0.2) is 5.69 Å². The quantitative estimate of drug-likeness (QED) is 0.862. The van der Waals surface area contributed by atoms with Crippen molar-refractivity contribution < 1.29 is 4.79 Å². The van der Waals surface area contributed by atoms with Gasteiger partial charge < -0.3 is 15.1 Å². The maximum Gasteiger partial charge on any atom is 0.276 e. The lowest BCUT2D eigenvalue weighted by Crippen LogP contribution is -2.49. The highest BCUT2D eigenvalue weighted by atomic mass is 16.2. The van der Waals surface area contributed by atoms with Crippen LogP contribution in [0.1, 0.15) is 23.1 Å². The number of aryl methyl sites for hydroxylation is 2. The summed E-state index contributed by atoms with van der Waals surface area (Å²) in [6.45, 7) is 7.48. The van der Waals surface area contributed by atoms with Crippen LogP contribution in [0.4, 0.5) is 11.8 Å². The maximum absolute atomic E-state index is 12.4. The van der Waals surface area contributed by atoms with Gasteiger partial charge in [0.25, 0.3) is 5.91 Å². The number of rotatable bonds is 4. The molecular weight excluding hydrogens is 308 g/mol. The van der Waals surface area contributed by atoms with Gasteiger partial charge >= 0.3 is 0 Å². The van der Waals surface area contributed by atoms with Crippen LogP contribution in [0, 0.1) is 6.92 Å². The van der Waals surface area contributed by atoms with Gasteiger partial charge in [-0.2, -0.15) is 4.98 Å². The van der Waals surface area contributed by atoms with E-state index in [0.717, 1.165) is 31.1 Å². The van der Waals surface area contributed by atoms with E-state index in [0.29, 0.717) is 24.7 Å². The fourth-order valence-corrected chi connectivity index (χ4v) is 2.70. The Morgan fingerprint density at radius 3 is 2.62 bits per heavy atom. The van der Waals surface area contributed by atoms with E-state index in [2.05, 4.69) is 30.5 Å². The topological polar surface area (TPSA) is 92.1 Å². The van der Waals surface area contributed by atoms with Crippen LogP contribution in [0.5, 0.6) is 0 Å². The van der Waals surface area contributed by atoms with Crippen LogP contribution in [0.25, 0.3) is 0 Å². The third kappa shape index (κ3) is 3.44. The molecule has 0 atom stereocenters. The average molecular weight is 330 g/mol. The number of anilines is 2. The molecular formula is C15H22N8O. The van der Waals surface area contributed by atoms with Crippen LogP contribution >= 0.6 is 0 Å². The molecule has 9 nitrogen and oxygen atoms in total. The first-order valence-electron chi connectivity index (χ1n) is 8.07. The number of carbonyl (C=O) groups is 1. The first-order chi connectivity index (χ1) is 11.6. The van der Waals surface area contributed by atoms with E-state index in [1.54, 1.807) is 18.1 Å². The molecule has 0 spiro atoms. The molecule has 1 aliphatic rings. The van der Waals surface area contributed by atoms with E-state index >= 15 is 0 Å². The zero-order valence-electron chi connectivity index (χ0n) is 14.2. The van der Waals surface area contributed by atoms with E-state index in [1.807, 2.05) is 19.9 Å². The van der Waals surface area contributed by atoms with Gasteiger partial charge in [-0.1, -0.05) is 5.21 Å². The van der Waals surface area contributed by atoms with Gasteiger partial charge in [-0.15, -0.1) is 5.10 Å². The lowest BCUT2D eigenvalue weighted by atomic mass is 10.2.